The summed E-state index contributed by atoms with van der Waals surface area (Å²) in [6, 6.07) is 5.69. The van der Waals surface area contributed by atoms with Crippen LogP contribution in [0.5, 0.6) is 5.75 Å². The molecule has 0 unspecified atom stereocenters. The van der Waals surface area contributed by atoms with Gasteiger partial charge in [0.2, 0.25) is 0 Å². The molecule has 1 aromatic heterocycles. The van der Waals surface area contributed by atoms with Gasteiger partial charge in [0.25, 0.3) is 0 Å². The Balaban J connectivity index is 2.45. The Bertz CT molecular complexity index is 479. The van der Waals surface area contributed by atoms with Crippen LogP contribution in [0.1, 0.15) is 12.0 Å². The zero-order valence-electron chi connectivity index (χ0n) is 8.16. The normalized spacial score (nSPS) is 11.1. The van der Waals surface area contributed by atoms with Crippen molar-refractivity contribution in [3.05, 3.63) is 28.4 Å². The highest BCUT2D eigenvalue weighted by atomic mass is 79.9. The van der Waals surface area contributed by atoms with Crippen LogP contribution in [0.25, 0.3) is 11.0 Å². The summed E-state index contributed by atoms with van der Waals surface area (Å²) in [5, 5.41) is 10.8. The molecule has 0 saturated carbocycles. The molecule has 0 spiro atoms. The average Bonchev–Trinajstić information content (AvgIpc) is 2.59. The molecule has 3 N–H and O–H groups in total. The van der Waals surface area contributed by atoms with Crippen molar-refractivity contribution in [3.63, 3.8) is 0 Å². The summed E-state index contributed by atoms with van der Waals surface area (Å²) in [5.74, 6) is 0.228. The SMILES string of the molecule is NCCCc1ccc2cc(Br)oc2c1O. The number of hydrogen-bond acceptors (Lipinski definition) is 3. The molecule has 0 aliphatic heterocycles. The monoisotopic (exact) mass is 269 g/mol. The minimum Gasteiger partial charge on any atom is -0.504 e. The molecule has 0 atom stereocenters. The third-order valence-corrected chi connectivity index (χ3v) is 2.76. The second kappa shape index (κ2) is 4.24. The van der Waals surface area contributed by atoms with Gasteiger partial charge in [-0.15, -0.1) is 0 Å². The molecule has 2 rings (SSSR count). The van der Waals surface area contributed by atoms with Gasteiger partial charge in [-0.05, 0) is 46.9 Å². The van der Waals surface area contributed by atoms with Gasteiger partial charge in [-0.25, -0.2) is 0 Å². The van der Waals surface area contributed by atoms with Crippen molar-refractivity contribution in [2.24, 2.45) is 5.73 Å². The molecule has 3 nitrogen and oxygen atoms in total. The summed E-state index contributed by atoms with van der Waals surface area (Å²) in [6.07, 6.45) is 1.64. The number of furan rings is 1. The first-order valence-electron chi connectivity index (χ1n) is 4.82. The summed E-state index contributed by atoms with van der Waals surface area (Å²) >= 11 is 3.24. The lowest BCUT2D eigenvalue weighted by Gasteiger charge is -2.03. The molecule has 0 amide bonds. The number of fused-ring (bicyclic) bond motifs is 1. The summed E-state index contributed by atoms with van der Waals surface area (Å²) < 4.78 is 5.98. The van der Waals surface area contributed by atoms with Gasteiger partial charge >= 0.3 is 0 Å². The van der Waals surface area contributed by atoms with E-state index in [9.17, 15) is 5.11 Å². The Morgan fingerprint density at radius 2 is 2.20 bits per heavy atom. The predicted molar refractivity (Wildman–Crippen MR) is 63.0 cm³/mol. The van der Waals surface area contributed by atoms with Gasteiger partial charge in [0.05, 0.1) is 0 Å². The highest BCUT2D eigenvalue weighted by Gasteiger charge is 2.10. The van der Waals surface area contributed by atoms with Gasteiger partial charge < -0.3 is 15.3 Å². The molecule has 0 aliphatic carbocycles. The van der Waals surface area contributed by atoms with Crippen molar-refractivity contribution in [3.8, 4) is 5.75 Å². The van der Waals surface area contributed by atoms with Gasteiger partial charge in [0.1, 0.15) is 0 Å². The zero-order valence-corrected chi connectivity index (χ0v) is 9.75. The quantitative estimate of drug-likeness (QED) is 0.901. The van der Waals surface area contributed by atoms with Gasteiger partial charge in [0, 0.05) is 5.39 Å². The van der Waals surface area contributed by atoms with Gasteiger partial charge in [0.15, 0.2) is 16.0 Å². The van der Waals surface area contributed by atoms with Crippen LogP contribution in [-0.2, 0) is 6.42 Å². The standard InChI is InChI=1S/C11H12BrNO2/c12-9-6-8-4-3-7(2-1-5-13)10(14)11(8)15-9/h3-4,6,14H,1-2,5,13H2. The van der Waals surface area contributed by atoms with Crippen LogP contribution in [0.2, 0.25) is 0 Å². The molecule has 4 heteroatoms. The second-order valence-electron chi connectivity index (χ2n) is 3.43. The minimum absolute atomic E-state index is 0.228. The Morgan fingerprint density at radius 1 is 1.40 bits per heavy atom. The van der Waals surface area contributed by atoms with Crippen molar-refractivity contribution < 1.29 is 9.52 Å². The third-order valence-electron chi connectivity index (χ3n) is 2.36. The number of aromatic hydroxyl groups is 1. The van der Waals surface area contributed by atoms with Crippen molar-refractivity contribution in [1.82, 2.24) is 0 Å². The number of phenolic OH excluding ortho intramolecular Hbond substituents is 1. The van der Waals surface area contributed by atoms with E-state index in [4.69, 9.17) is 10.2 Å². The van der Waals surface area contributed by atoms with Crippen LogP contribution in [0.3, 0.4) is 0 Å². The summed E-state index contributed by atoms with van der Waals surface area (Å²) in [4.78, 5) is 0. The van der Waals surface area contributed by atoms with Gasteiger partial charge in [-0.3, -0.25) is 0 Å². The molecular weight excluding hydrogens is 258 g/mol. The number of nitrogens with two attached hydrogens (primary N) is 1. The van der Waals surface area contributed by atoms with E-state index >= 15 is 0 Å². The first-order chi connectivity index (χ1) is 7.22. The molecule has 0 aliphatic rings. The van der Waals surface area contributed by atoms with E-state index in [1.807, 2.05) is 18.2 Å². The van der Waals surface area contributed by atoms with Crippen LogP contribution in [0, 0.1) is 0 Å². The van der Waals surface area contributed by atoms with Crippen LogP contribution >= 0.6 is 15.9 Å². The lowest BCUT2D eigenvalue weighted by molar-refractivity contribution is 0.455. The fourth-order valence-corrected chi connectivity index (χ4v) is 2.00. The van der Waals surface area contributed by atoms with Gasteiger partial charge in [-0.1, -0.05) is 12.1 Å². The van der Waals surface area contributed by atoms with Crippen molar-refractivity contribution in [2.45, 2.75) is 12.8 Å². The van der Waals surface area contributed by atoms with E-state index in [2.05, 4.69) is 15.9 Å². The highest BCUT2D eigenvalue weighted by molar-refractivity contribution is 9.10. The van der Waals surface area contributed by atoms with E-state index < -0.39 is 0 Å². The van der Waals surface area contributed by atoms with E-state index in [0.717, 1.165) is 23.8 Å². The molecule has 0 fully saturated rings. The Kier molecular flexibility index (Phi) is 2.98. The maximum absolute atomic E-state index is 9.93. The van der Waals surface area contributed by atoms with Crippen molar-refractivity contribution >= 4 is 26.9 Å². The molecule has 80 valence electrons. The molecule has 1 aromatic carbocycles. The summed E-state index contributed by atoms with van der Waals surface area (Å²) in [7, 11) is 0. The lowest BCUT2D eigenvalue weighted by Crippen LogP contribution is -2.00. The second-order valence-corrected chi connectivity index (χ2v) is 4.22. The van der Waals surface area contributed by atoms with E-state index in [-0.39, 0.29) is 5.75 Å². The van der Waals surface area contributed by atoms with Crippen LogP contribution in [-0.4, -0.2) is 11.7 Å². The average molecular weight is 270 g/mol. The first kappa shape index (κ1) is 10.5. The largest absolute Gasteiger partial charge is 0.504 e. The molecule has 1 heterocycles. The van der Waals surface area contributed by atoms with Crippen LogP contribution in [0.15, 0.2) is 27.3 Å². The lowest BCUT2D eigenvalue weighted by atomic mass is 10.1. The molecule has 0 bridgehead atoms. The van der Waals surface area contributed by atoms with Gasteiger partial charge in [-0.2, -0.15) is 0 Å². The van der Waals surface area contributed by atoms with Crippen molar-refractivity contribution in [1.29, 1.82) is 0 Å². The van der Waals surface area contributed by atoms with E-state index in [1.165, 1.54) is 0 Å². The summed E-state index contributed by atoms with van der Waals surface area (Å²) in [6.45, 7) is 0.624. The Labute approximate surface area is 96.0 Å². The number of phenols is 1. The van der Waals surface area contributed by atoms with Crippen molar-refractivity contribution in [2.75, 3.05) is 6.54 Å². The Morgan fingerprint density at radius 3 is 2.93 bits per heavy atom. The molecule has 2 aromatic rings. The van der Waals surface area contributed by atoms with E-state index in [0.29, 0.717) is 16.8 Å². The topological polar surface area (TPSA) is 59.4 Å². The number of aryl methyl sites for hydroxylation is 1. The number of rotatable bonds is 3. The molecule has 0 saturated heterocycles. The Hall–Kier alpha value is -1.00. The van der Waals surface area contributed by atoms with E-state index in [1.54, 1.807) is 0 Å². The summed E-state index contributed by atoms with van der Waals surface area (Å²) in [5.41, 5.74) is 6.85. The minimum atomic E-state index is 0.228. The fourth-order valence-electron chi connectivity index (χ4n) is 1.59. The highest BCUT2D eigenvalue weighted by Crippen LogP contribution is 2.33. The number of hydrogen-bond donors (Lipinski definition) is 2. The van der Waals surface area contributed by atoms with Crippen LogP contribution < -0.4 is 5.73 Å². The maximum atomic E-state index is 9.93. The molecule has 0 radical (unpaired) electrons. The maximum Gasteiger partial charge on any atom is 0.177 e. The number of benzene rings is 1. The fraction of sp³-hybridized carbons (Fsp3) is 0.273. The molecule has 15 heavy (non-hydrogen) atoms. The molecular formula is C11H12BrNO2. The third kappa shape index (κ3) is 2.01. The first-order valence-corrected chi connectivity index (χ1v) is 5.61. The predicted octanol–water partition coefficient (Wildman–Crippen LogP) is 2.79. The zero-order chi connectivity index (χ0) is 10.8. The van der Waals surface area contributed by atoms with Crippen LogP contribution in [0.4, 0.5) is 0 Å². The number of halogens is 1. The smallest absolute Gasteiger partial charge is 0.177 e.